The molecule has 3 radical (unpaired) electrons. The van der Waals surface area contributed by atoms with Crippen LogP contribution in [-0.4, -0.2) is 19.7 Å². The lowest BCUT2D eigenvalue weighted by Gasteiger charge is -2.10. The number of fused-ring (bicyclic) bond motifs is 1. The summed E-state index contributed by atoms with van der Waals surface area (Å²) in [6, 6.07) is 6.04. The quantitative estimate of drug-likeness (QED) is 0.369. The molecule has 4 aromatic rings. The van der Waals surface area contributed by atoms with E-state index in [-0.39, 0.29) is 39.1 Å². The summed E-state index contributed by atoms with van der Waals surface area (Å²) >= 11 is 15.4. The van der Waals surface area contributed by atoms with Gasteiger partial charge in [-0.15, -0.1) is 0 Å². The van der Waals surface area contributed by atoms with Crippen LogP contribution >= 0.6 is 39.1 Å². The zero-order chi connectivity index (χ0) is 20.9. The van der Waals surface area contributed by atoms with Crippen LogP contribution in [0.15, 0.2) is 50.3 Å². The molecule has 0 aliphatic heterocycles. The molecule has 3 heterocycles. The van der Waals surface area contributed by atoms with E-state index < -0.39 is 22.8 Å². The zero-order valence-electron chi connectivity index (χ0n) is 14.3. The Morgan fingerprint density at radius 2 is 1.87 bits per heavy atom. The van der Waals surface area contributed by atoms with Crippen molar-refractivity contribution in [1.82, 2.24) is 25.9 Å². The molecule has 0 amide bonds. The molecule has 0 unspecified atom stereocenters. The van der Waals surface area contributed by atoms with Gasteiger partial charge in [-0.25, -0.2) is 19.4 Å². The summed E-state index contributed by atoms with van der Waals surface area (Å²) in [6.45, 7) is 0. The number of pyridine rings is 1. The first-order valence-electron chi connectivity index (χ1n) is 7.73. The van der Waals surface area contributed by atoms with E-state index in [0.29, 0.717) is 16.7 Å². The topological polar surface area (TPSA) is 104 Å². The largest absolute Gasteiger partial charge is 0.416 e. The summed E-state index contributed by atoms with van der Waals surface area (Å²) in [7, 11) is 0. The molecule has 13 heteroatoms. The van der Waals surface area contributed by atoms with Gasteiger partial charge in [0.2, 0.25) is 5.89 Å². The third-order valence-corrected chi connectivity index (χ3v) is 4.82. The van der Waals surface area contributed by atoms with Gasteiger partial charge in [0, 0.05) is 18.4 Å². The molecule has 153 valence electrons. The molecule has 0 aliphatic rings. The monoisotopic (exact) mass is 518 g/mol. The smallest absolute Gasteiger partial charge is 0.401 e. The summed E-state index contributed by atoms with van der Waals surface area (Å²) in [5, 5.41) is 3.73. The van der Waals surface area contributed by atoms with Gasteiger partial charge in [0.15, 0.2) is 5.82 Å². The molecule has 30 heavy (non-hydrogen) atoms. The van der Waals surface area contributed by atoms with E-state index in [1.807, 2.05) is 0 Å². The number of nitrogens with zero attached hydrogens (tertiary/aromatic N) is 5. The number of aromatic nitrogens is 4. The van der Waals surface area contributed by atoms with Crippen LogP contribution in [0.5, 0.6) is 0 Å². The van der Waals surface area contributed by atoms with Gasteiger partial charge >= 0.3 is 11.8 Å². The Bertz CT molecular complexity index is 1320. The predicted octanol–water partition coefficient (Wildman–Crippen LogP) is 5.04. The Labute approximate surface area is 184 Å². The number of alkyl halides is 3. The average Bonchev–Trinajstić information content (AvgIpc) is 3.03. The van der Waals surface area contributed by atoms with E-state index in [1.165, 1.54) is 16.9 Å². The van der Waals surface area contributed by atoms with Gasteiger partial charge in [-0.1, -0.05) is 23.2 Å². The Morgan fingerprint density at radius 1 is 1.13 bits per heavy atom. The lowest BCUT2D eigenvalue weighted by Crippen LogP contribution is -2.10. The van der Waals surface area contributed by atoms with E-state index in [9.17, 15) is 18.0 Å². The van der Waals surface area contributed by atoms with Gasteiger partial charge in [-0.05, 0) is 40.2 Å². The normalized spacial score (nSPS) is 11.5. The van der Waals surface area contributed by atoms with E-state index in [4.69, 9.17) is 27.6 Å². The Hall–Kier alpha value is -2.47. The van der Waals surface area contributed by atoms with Crippen LogP contribution in [0, 0.1) is 0 Å². The van der Waals surface area contributed by atoms with Gasteiger partial charge in [0.1, 0.15) is 15.8 Å². The minimum Gasteiger partial charge on any atom is -0.401 e. The number of benzene rings is 1. The maximum atomic E-state index is 13.0. The van der Waals surface area contributed by atoms with Crippen molar-refractivity contribution in [2.45, 2.75) is 6.18 Å². The predicted molar refractivity (Wildman–Crippen MR) is 105 cm³/mol. The molecule has 0 bridgehead atoms. The van der Waals surface area contributed by atoms with Crippen LogP contribution in [0.25, 0.3) is 28.3 Å². The van der Waals surface area contributed by atoms with Gasteiger partial charge in [0.05, 0.1) is 21.0 Å². The number of halogens is 6. The minimum absolute atomic E-state index is 0. The molecule has 4 rings (SSSR count). The lowest BCUT2D eigenvalue weighted by molar-refractivity contribution is -0.137. The summed E-state index contributed by atoms with van der Waals surface area (Å²) < 4.78 is 45.8. The van der Waals surface area contributed by atoms with Crippen molar-refractivity contribution in [3.63, 3.8) is 0 Å². The molecule has 0 atom stereocenters. The molecular formula is C17H6BrCl2F3N5O2. The summed E-state index contributed by atoms with van der Waals surface area (Å²) in [5.41, 5.74) is -2.06. The van der Waals surface area contributed by atoms with Crippen molar-refractivity contribution in [1.29, 1.82) is 0 Å². The van der Waals surface area contributed by atoms with Crippen molar-refractivity contribution in [3.8, 4) is 17.4 Å². The molecule has 0 aliphatic carbocycles. The molecule has 0 spiro atoms. The van der Waals surface area contributed by atoms with Crippen molar-refractivity contribution >= 4 is 50.0 Å². The van der Waals surface area contributed by atoms with E-state index in [2.05, 4.69) is 31.0 Å². The summed E-state index contributed by atoms with van der Waals surface area (Å²) in [6.07, 6.45) is -3.19. The maximum absolute atomic E-state index is 13.0. The molecule has 7 nitrogen and oxygen atoms in total. The van der Waals surface area contributed by atoms with Gasteiger partial charge in [-0.2, -0.15) is 18.3 Å². The van der Waals surface area contributed by atoms with Crippen molar-refractivity contribution in [2.75, 3.05) is 0 Å². The molecule has 0 saturated heterocycles. The first-order valence-corrected chi connectivity index (χ1v) is 9.28. The van der Waals surface area contributed by atoms with Crippen molar-refractivity contribution in [3.05, 3.63) is 67.2 Å². The molecule has 0 fully saturated rings. The Morgan fingerprint density at radius 3 is 2.53 bits per heavy atom. The molecular weight excluding hydrogens is 514 g/mol. The fraction of sp³-hybridized carbons (Fsp3) is 0.0588. The first kappa shape index (κ1) is 22.2. The lowest BCUT2D eigenvalue weighted by atomic mass is 10.1. The van der Waals surface area contributed by atoms with Crippen LogP contribution in [0.2, 0.25) is 10.0 Å². The highest BCUT2D eigenvalue weighted by atomic mass is 79.9. The fourth-order valence-corrected chi connectivity index (χ4v) is 3.45. The number of hydrogen-bond donors (Lipinski definition) is 0. The second kappa shape index (κ2) is 7.99. The van der Waals surface area contributed by atoms with Crippen molar-refractivity contribution in [2.24, 2.45) is 0 Å². The van der Waals surface area contributed by atoms with Crippen LogP contribution < -0.4 is 11.8 Å². The average molecular weight is 520 g/mol. The Kier molecular flexibility index (Phi) is 5.92. The number of rotatable bonds is 2. The molecule has 3 aromatic heterocycles. The van der Waals surface area contributed by atoms with Gasteiger partial charge in [0.25, 0.3) is 0 Å². The van der Waals surface area contributed by atoms with E-state index in [1.54, 1.807) is 12.1 Å². The third kappa shape index (κ3) is 3.93. The Balaban J connectivity index is 0.00000256. The zero-order valence-corrected chi connectivity index (χ0v) is 17.4. The highest BCUT2D eigenvalue weighted by molar-refractivity contribution is 9.10. The SMILES string of the molecule is O=c1oc(-c2cc(Br)nn2-c2ncccc2Cl)nc2c(Cl)cc(C(F)(F)F)cc12.[N]. The van der Waals surface area contributed by atoms with E-state index >= 15 is 0 Å². The second-order valence-electron chi connectivity index (χ2n) is 5.73. The first-order chi connectivity index (χ1) is 13.6. The highest BCUT2D eigenvalue weighted by Crippen LogP contribution is 2.35. The molecule has 1 aromatic carbocycles. The fourth-order valence-electron chi connectivity index (χ4n) is 2.61. The second-order valence-corrected chi connectivity index (χ2v) is 7.36. The van der Waals surface area contributed by atoms with Crippen LogP contribution in [-0.2, 0) is 6.18 Å². The van der Waals surface area contributed by atoms with Crippen LogP contribution in [0.3, 0.4) is 0 Å². The van der Waals surface area contributed by atoms with Gasteiger partial charge < -0.3 is 4.42 Å². The van der Waals surface area contributed by atoms with Crippen molar-refractivity contribution < 1.29 is 17.6 Å². The minimum atomic E-state index is -4.68. The molecule has 0 N–H and O–H groups in total. The summed E-state index contributed by atoms with van der Waals surface area (Å²) in [5.74, 6) is 0.0157. The molecule has 0 saturated carbocycles. The number of hydrogen-bond acceptors (Lipinski definition) is 5. The van der Waals surface area contributed by atoms with Gasteiger partial charge in [-0.3, -0.25) is 0 Å². The summed E-state index contributed by atoms with van der Waals surface area (Å²) in [4.78, 5) is 20.7. The third-order valence-electron chi connectivity index (χ3n) is 3.85. The van der Waals surface area contributed by atoms with E-state index in [0.717, 1.165) is 0 Å². The van der Waals surface area contributed by atoms with Crippen LogP contribution in [0.1, 0.15) is 5.56 Å². The standard InChI is InChI=1S/C17H6BrCl2F3N4O2.N/c18-12-6-11(27(26-12)14-9(19)2-1-3-24-14)15-25-13-8(16(28)29-15)4-7(5-10(13)20)17(21,22)23;/h1-6H;. The van der Waals surface area contributed by atoms with Crippen LogP contribution in [0.4, 0.5) is 13.2 Å². The maximum Gasteiger partial charge on any atom is 0.416 e. The highest BCUT2D eigenvalue weighted by Gasteiger charge is 2.32.